The van der Waals surface area contributed by atoms with Crippen molar-refractivity contribution in [1.82, 2.24) is 19.8 Å². The molecule has 1 unspecified atom stereocenters. The van der Waals surface area contributed by atoms with Crippen LogP contribution >= 0.6 is 0 Å². The fourth-order valence-corrected chi connectivity index (χ4v) is 4.20. The van der Waals surface area contributed by atoms with Gasteiger partial charge in [0.05, 0.1) is 5.52 Å². The van der Waals surface area contributed by atoms with E-state index in [-0.39, 0.29) is 36.8 Å². The molecular weight excluding hydrogens is 455 g/mol. The van der Waals surface area contributed by atoms with Gasteiger partial charge in [0.2, 0.25) is 5.91 Å². The van der Waals surface area contributed by atoms with Gasteiger partial charge in [0.1, 0.15) is 23.1 Å². The molecule has 3 aromatic rings. The van der Waals surface area contributed by atoms with Crippen LogP contribution in [0.5, 0.6) is 5.75 Å². The zero-order chi connectivity index (χ0) is 25.1. The summed E-state index contributed by atoms with van der Waals surface area (Å²) < 4.78 is 14.6. The van der Waals surface area contributed by atoms with Gasteiger partial charge in [-0.05, 0) is 48.6 Å². The Labute approximate surface area is 200 Å². The third kappa shape index (κ3) is 5.17. The first-order valence-corrected chi connectivity index (χ1v) is 11.5. The van der Waals surface area contributed by atoms with E-state index >= 15 is 0 Å². The van der Waals surface area contributed by atoms with Crippen LogP contribution in [0.15, 0.2) is 41.3 Å². The lowest BCUT2D eigenvalue weighted by Gasteiger charge is -2.19. The molecule has 2 aromatic heterocycles. The van der Waals surface area contributed by atoms with E-state index < -0.39 is 29.0 Å². The van der Waals surface area contributed by atoms with Crippen LogP contribution < -0.4 is 10.9 Å². The number of carbonyl (C=O) groups is 2. The van der Waals surface area contributed by atoms with Gasteiger partial charge in [-0.3, -0.25) is 19.4 Å². The quantitative estimate of drug-likeness (QED) is 0.422. The molecule has 1 aliphatic heterocycles. The number of benzene rings is 1. The first-order valence-electron chi connectivity index (χ1n) is 11.5. The summed E-state index contributed by atoms with van der Waals surface area (Å²) in [6.07, 6.45) is 2.17. The summed E-state index contributed by atoms with van der Waals surface area (Å²) >= 11 is 0. The van der Waals surface area contributed by atoms with E-state index in [4.69, 9.17) is 0 Å². The Kier molecular flexibility index (Phi) is 7.11. The normalized spacial score (nSPS) is 14.5. The topological polar surface area (TPSA) is 125 Å². The molecule has 0 spiro atoms. The smallest absolute Gasteiger partial charge is 0.267 e. The number of aliphatic hydroxyl groups excluding tert-OH is 1. The molecule has 0 radical (unpaired) electrons. The van der Waals surface area contributed by atoms with Gasteiger partial charge in [0, 0.05) is 32.3 Å². The highest BCUT2D eigenvalue weighted by molar-refractivity contribution is 6.01. The van der Waals surface area contributed by atoms with Gasteiger partial charge in [-0.2, -0.15) is 0 Å². The van der Waals surface area contributed by atoms with Crippen LogP contribution in [-0.4, -0.2) is 55.8 Å². The number of nitrogens with zero attached hydrogens (tertiary/aromatic N) is 3. The standard InChI is InChI=1S/C25H27FN4O5/c1-2-19(31)28-24(34)21-23(33)22-18(30(25(21)35)11-10-29-9-3-4-20(29)32)13-16(14-27-22)12-15-5-7-17(26)8-6-15/h5-8,13-14,19,31,33H,2-4,9-12H2,1H3,(H,28,34). The largest absolute Gasteiger partial charge is 0.505 e. The minimum absolute atomic E-state index is 0.000270. The number of aromatic hydroxyl groups is 1. The lowest BCUT2D eigenvalue weighted by atomic mass is 10.1. The Hall–Kier alpha value is -3.79. The highest BCUT2D eigenvalue weighted by Gasteiger charge is 2.26. The van der Waals surface area contributed by atoms with Crippen molar-refractivity contribution in [2.75, 3.05) is 13.1 Å². The maximum Gasteiger partial charge on any atom is 0.267 e. The van der Waals surface area contributed by atoms with E-state index in [1.807, 2.05) is 0 Å². The molecule has 0 aliphatic carbocycles. The van der Waals surface area contributed by atoms with Crippen molar-refractivity contribution >= 4 is 22.8 Å². The third-order valence-electron chi connectivity index (χ3n) is 6.13. The van der Waals surface area contributed by atoms with Gasteiger partial charge >= 0.3 is 0 Å². The Morgan fingerprint density at radius 3 is 2.60 bits per heavy atom. The third-order valence-corrected chi connectivity index (χ3v) is 6.13. The maximum absolute atomic E-state index is 13.4. The summed E-state index contributed by atoms with van der Waals surface area (Å²) in [5, 5.41) is 22.9. The fourth-order valence-electron chi connectivity index (χ4n) is 4.20. The SMILES string of the molecule is CCC(O)NC(=O)c1c(O)c2ncc(Cc3ccc(F)cc3)cc2n(CCN2CCCC2=O)c1=O. The Balaban J connectivity index is 1.78. The fraction of sp³-hybridized carbons (Fsp3) is 0.360. The monoisotopic (exact) mass is 482 g/mol. The number of nitrogens with one attached hydrogen (secondary N) is 1. The molecule has 3 heterocycles. The molecule has 0 bridgehead atoms. The number of rotatable bonds is 8. The van der Waals surface area contributed by atoms with Crippen molar-refractivity contribution in [2.24, 2.45) is 0 Å². The summed E-state index contributed by atoms with van der Waals surface area (Å²) in [7, 11) is 0. The molecule has 1 atom stereocenters. The second kappa shape index (κ2) is 10.2. The molecule has 4 rings (SSSR count). The second-order valence-electron chi connectivity index (χ2n) is 8.58. The van der Waals surface area contributed by atoms with Gasteiger partial charge < -0.3 is 25.0 Å². The molecule has 10 heteroatoms. The summed E-state index contributed by atoms with van der Waals surface area (Å²) in [5.41, 5.74) is 0.646. The highest BCUT2D eigenvalue weighted by Crippen LogP contribution is 2.26. The lowest BCUT2D eigenvalue weighted by Crippen LogP contribution is -2.40. The molecular formula is C25H27FN4O5. The number of aliphatic hydroxyl groups is 1. The van der Waals surface area contributed by atoms with E-state index in [9.17, 15) is 29.0 Å². The predicted molar refractivity (Wildman–Crippen MR) is 126 cm³/mol. The number of hydrogen-bond acceptors (Lipinski definition) is 6. The summed E-state index contributed by atoms with van der Waals surface area (Å²) in [6, 6.07) is 7.70. The summed E-state index contributed by atoms with van der Waals surface area (Å²) in [4.78, 5) is 44.2. The number of aromatic nitrogens is 2. The number of carbonyl (C=O) groups excluding carboxylic acids is 2. The van der Waals surface area contributed by atoms with Crippen LogP contribution in [0.25, 0.3) is 11.0 Å². The van der Waals surface area contributed by atoms with E-state index in [0.717, 1.165) is 12.0 Å². The lowest BCUT2D eigenvalue weighted by molar-refractivity contribution is -0.127. The van der Waals surface area contributed by atoms with Crippen LogP contribution in [0.4, 0.5) is 4.39 Å². The highest BCUT2D eigenvalue weighted by atomic mass is 19.1. The first-order chi connectivity index (χ1) is 16.8. The summed E-state index contributed by atoms with van der Waals surface area (Å²) in [6.45, 7) is 2.60. The van der Waals surface area contributed by atoms with Crippen LogP contribution in [0, 0.1) is 5.82 Å². The number of likely N-dealkylation sites (tertiary alicyclic amines) is 1. The van der Waals surface area contributed by atoms with Gasteiger partial charge in [-0.25, -0.2) is 4.39 Å². The second-order valence-corrected chi connectivity index (χ2v) is 8.58. The number of halogens is 1. The molecule has 35 heavy (non-hydrogen) atoms. The first kappa shape index (κ1) is 24.3. The van der Waals surface area contributed by atoms with Crippen LogP contribution in [0.1, 0.15) is 47.7 Å². The molecule has 1 aromatic carbocycles. The van der Waals surface area contributed by atoms with E-state index in [0.29, 0.717) is 30.5 Å². The zero-order valence-electron chi connectivity index (χ0n) is 19.3. The van der Waals surface area contributed by atoms with Crippen molar-refractivity contribution in [1.29, 1.82) is 0 Å². The summed E-state index contributed by atoms with van der Waals surface area (Å²) in [5.74, 6) is -1.83. The number of hydrogen-bond donors (Lipinski definition) is 3. The van der Waals surface area contributed by atoms with Gasteiger partial charge in [0.25, 0.3) is 11.5 Å². The maximum atomic E-state index is 13.4. The Morgan fingerprint density at radius 1 is 1.20 bits per heavy atom. The Morgan fingerprint density at radius 2 is 1.94 bits per heavy atom. The van der Waals surface area contributed by atoms with Gasteiger partial charge in [0.15, 0.2) is 5.75 Å². The van der Waals surface area contributed by atoms with Gasteiger partial charge in [-0.15, -0.1) is 0 Å². The van der Waals surface area contributed by atoms with Crippen molar-refractivity contribution in [3.63, 3.8) is 0 Å². The molecule has 1 aliphatic rings. The Bertz CT molecular complexity index is 1320. The average molecular weight is 483 g/mol. The molecule has 2 amide bonds. The molecule has 1 saturated heterocycles. The average Bonchev–Trinajstić information content (AvgIpc) is 3.25. The molecule has 3 N–H and O–H groups in total. The van der Waals surface area contributed by atoms with Crippen molar-refractivity contribution < 1.29 is 24.2 Å². The number of pyridine rings is 2. The van der Waals surface area contributed by atoms with Crippen LogP contribution in [0.3, 0.4) is 0 Å². The number of amides is 2. The van der Waals surface area contributed by atoms with Gasteiger partial charge in [-0.1, -0.05) is 19.1 Å². The minimum atomic E-state index is -1.18. The van der Waals surface area contributed by atoms with E-state index in [1.165, 1.54) is 22.9 Å². The molecule has 1 fully saturated rings. The predicted octanol–water partition coefficient (Wildman–Crippen LogP) is 1.91. The molecule has 0 saturated carbocycles. The van der Waals surface area contributed by atoms with Crippen LogP contribution in [-0.2, 0) is 17.8 Å². The van der Waals surface area contributed by atoms with Crippen molar-refractivity contribution in [3.8, 4) is 5.75 Å². The minimum Gasteiger partial charge on any atom is -0.505 e. The van der Waals surface area contributed by atoms with Crippen molar-refractivity contribution in [2.45, 2.75) is 45.4 Å². The van der Waals surface area contributed by atoms with E-state index in [1.54, 1.807) is 30.0 Å². The van der Waals surface area contributed by atoms with Crippen LogP contribution in [0.2, 0.25) is 0 Å². The number of fused-ring (bicyclic) bond motifs is 1. The van der Waals surface area contributed by atoms with Crippen molar-refractivity contribution in [3.05, 3.63) is 69.4 Å². The zero-order valence-corrected chi connectivity index (χ0v) is 19.3. The molecule has 184 valence electrons. The van der Waals surface area contributed by atoms with E-state index in [2.05, 4.69) is 10.3 Å². The molecule has 9 nitrogen and oxygen atoms in total.